The molecule has 2 amide bonds. The Balaban J connectivity index is 2.14. The number of nitrogens with one attached hydrogen (secondary N) is 2. The van der Waals surface area contributed by atoms with Crippen LogP contribution in [0.3, 0.4) is 0 Å². The predicted molar refractivity (Wildman–Crippen MR) is 106 cm³/mol. The molecule has 0 fully saturated rings. The number of thioether (sulfide) groups is 1. The van der Waals surface area contributed by atoms with E-state index >= 15 is 0 Å². The average Bonchev–Trinajstić information content (AvgIpc) is 2.61. The van der Waals surface area contributed by atoms with Gasteiger partial charge in [-0.3, -0.25) is 9.59 Å². The van der Waals surface area contributed by atoms with Crippen LogP contribution in [0.15, 0.2) is 42.5 Å². The number of anilines is 1. The highest BCUT2D eigenvalue weighted by atomic mass is 35.5. The van der Waals surface area contributed by atoms with Crippen molar-refractivity contribution in [1.29, 1.82) is 0 Å². The first-order valence-electron chi connectivity index (χ1n) is 7.72. The Morgan fingerprint density at radius 2 is 1.92 bits per heavy atom. The molecule has 0 radical (unpaired) electrons. The summed E-state index contributed by atoms with van der Waals surface area (Å²) < 4.78 is 13.9. The molecule has 0 aliphatic rings. The lowest BCUT2D eigenvalue weighted by molar-refractivity contribution is -0.118. The summed E-state index contributed by atoms with van der Waals surface area (Å²) in [5.74, 6) is -0.981. The Hall–Kier alpha value is -1.76. The van der Waals surface area contributed by atoms with Gasteiger partial charge in [0, 0.05) is 5.02 Å². The zero-order chi connectivity index (χ0) is 19.1. The van der Waals surface area contributed by atoms with Gasteiger partial charge in [0.2, 0.25) is 5.91 Å². The van der Waals surface area contributed by atoms with E-state index in [1.807, 2.05) is 6.26 Å². The van der Waals surface area contributed by atoms with Crippen LogP contribution in [0.5, 0.6) is 0 Å². The van der Waals surface area contributed by atoms with E-state index in [0.717, 1.165) is 6.07 Å². The molecular formula is C18H17Cl2FN2O2S. The molecular weight excluding hydrogens is 398 g/mol. The summed E-state index contributed by atoms with van der Waals surface area (Å²) in [6, 6.07) is 9.67. The second-order valence-electron chi connectivity index (χ2n) is 5.40. The number of benzene rings is 2. The highest BCUT2D eigenvalue weighted by Crippen LogP contribution is 2.20. The van der Waals surface area contributed by atoms with Crippen molar-refractivity contribution < 1.29 is 14.0 Å². The molecule has 0 spiro atoms. The Morgan fingerprint density at radius 3 is 2.58 bits per heavy atom. The zero-order valence-electron chi connectivity index (χ0n) is 13.9. The van der Waals surface area contributed by atoms with E-state index in [0.29, 0.717) is 12.2 Å². The molecule has 2 N–H and O–H groups in total. The maximum Gasteiger partial charge on any atom is 0.253 e. The molecule has 0 saturated carbocycles. The molecule has 1 unspecified atom stereocenters. The van der Waals surface area contributed by atoms with E-state index in [9.17, 15) is 14.0 Å². The largest absolute Gasteiger partial charge is 0.340 e. The van der Waals surface area contributed by atoms with E-state index in [2.05, 4.69) is 10.6 Å². The summed E-state index contributed by atoms with van der Waals surface area (Å²) in [6.45, 7) is 0. The van der Waals surface area contributed by atoms with Crippen LogP contribution in [0.2, 0.25) is 10.0 Å². The smallest absolute Gasteiger partial charge is 0.253 e. The molecule has 2 aromatic rings. The van der Waals surface area contributed by atoms with Crippen LogP contribution in [0.1, 0.15) is 16.8 Å². The Morgan fingerprint density at radius 1 is 1.19 bits per heavy atom. The number of rotatable bonds is 7. The Labute approximate surface area is 165 Å². The van der Waals surface area contributed by atoms with Crippen molar-refractivity contribution in [2.45, 2.75) is 12.5 Å². The molecule has 0 aliphatic carbocycles. The Kier molecular flexibility index (Phi) is 7.75. The Bertz CT molecular complexity index is 805. The van der Waals surface area contributed by atoms with E-state index in [4.69, 9.17) is 23.2 Å². The zero-order valence-corrected chi connectivity index (χ0v) is 16.2. The normalized spacial score (nSPS) is 11.7. The summed E-state index contributed by atoms with van der Waals surface area (Å²) >= 11 is 13.3. The van der Waals surface area contributed by atoms with Gasteiger partial charge in [-0.1, -0.05) is 35.3 Å². The number of carbonyl (C=O) groups excluding carboxylic acids is 2. The lowest BCUT2D eigenvalue weighted by Gasteiger charge is -2.19. The third kappa shape index (κ3) is 5.62. The summed E-state index contributed by atoms with van der Waals surface area (Å²) in [5, 5.41) is 5.67. The summed E-state index contributed by atoms with van der Waals surface area (Å²) in [5.41, 5.74) is 0.273. The van der Waals surface area contributed by atoms with Crippen molar-refractivity contribution in [3.05, 3.63) is 63.9 Å². The minimum atomic E-state index is -0.832. The third-order valence-electron chi connectivity index (χ3n) is 3.54. The fourth-order valence-corrected chi connectivity index (χ4v) is 3.05. The highest BCUT2D eigenvalue weighted by Gasteiger charge is 2.23. The minimum Gasteiger partial charge on any atom is -0.340 e. The maximum absolute atomic E-state index is 13.9. The van der Waals surface area contributed by atoms with E-state index in [1.165, 1.54) is 23.9 Å². The monoisotopic (exact) mass is 414 g/mol. The molecule has 0 bridgehead atoms. The van der Waals surface area contributed by atoms with Crippen LogP contribution in [0.25, 0.3) is 0 Å². The first-order valence-corrected chi connectivity index (χ1v) is 9.87. The molecule has 2 rings (SSSR count). The van der Waals surface area contributed by atoms with Gasteiger partial charge in [-0.25, -0.2) is 4.39 Å². The summed E-state index contributed by atoms with van der Waals surface area (Å²) in [7, 11) is 0. The van der Waals surface area contributed by atoms with Crippen LogP contribution < -0.4 is 10.6 Å². The van der Waals surface area contributed by atoms with Crippen molar-refractivity contribution >= 4 is 52.5 Å². The van der Waals surface area contributed by atoms with Crippen LogP contribution in [0.4, 0.5) is 10.1 Å². The second kappa shape index (κ2) is 9.80. The molecule has 0 saturated heterocycles. The number of amides is 2. The van der Waals surface area contributed by atoms with E-state index in [-0.39, 0.29) is 21.3 Å². The fraction of sp³-hybridized carbons (Fsp3) is 0.222. The standard InChI is InChI=1S/C18H17Cl2FN2O2S/c1-26-9-8-16(23-17(24)12-4-2-3-5-13(12)20)18(25)22-15-7-6-11(19)10-14(15)21/h2-7,10,16H,8-9H2,1H3,(H,22,25)(H,23,24). The number of hydrogen-bond acceptors (Lipinski definition) is 3. The van der Waals surface area contributed by atoms with Crippen molar-refractivity contribution in [2.24, 2.45) is 0 Å². The third-order valence-corrected chi connectivity index (χ3v) is 4.75. The van der Waals surface area contributed by atoms with Gasteiger partial charge in [0.05, 0.1) is 16.3 Å². The van der Waals surface area contributed by atoms with Crippen LogP contribution in [-0.4, -0.2) is 29.9 Å². The number of halogens is 3. The molecule has 2 aromatic carbocycles. The van der Waals surface area contributed by atoms with Crippen molar-refractivity contribution in [2.75, 3.05) is 17.3 Å². The second-order valence-corrected chi connectivity index (χ2v) is 7.23. The van der Waals surface area contributed by atoms with Gasteiger partial charge >= 0.3 is 0 Å². The topological polar surface area (TPSA) is 58.2 Å². The first kappa shape index (κ1) is 20.6. The van der Waals surface area contributed by atoms with Crippen molar-refractivity contribution in [3.63, 3.8) is 0 Å². The van der Waals surface area contributed by atoms with Gasteiger partial charge in [-0.2, -0.15) is 11.8 Å². The van der Waals surface area contributed by atoms with Gasteiger partial charge < -0.3 is 10.6 Å². The molecule has 4 nitrogen and oxygen atoms in total. The molecule has 138 valence electrons. The lowest BCUT2D eigenvalue weighted by Crippen LogP contribution is -2.44. The molecule has 0 aromatic heterocycles. The minimum absolute atomic E-state index is 0.000504. The van der Waals surface area contributed by atoms with E-state index < -0.39 is 23.7 Å². The van der Waals surface area contributed by atoms with Gasteiger partial charge in [0.25, 0.3) is 5.91 Å². The van der Waals surface area contributed by atoms with Crippen molar-refractivity contribution in [1.82, 2.24) is 5.32 Å². The summed E-state index contributed by atoms with van der Waals surface area (Å²) in [6.07, 6.45) is 2.28. The van der Waals surface area contributed by atoms with Crippen molar-refractivity contribution in [3.8, 4) is 0 Å². The molecule has 1 atom stereocenters. The number of hydrogen-bond donors (Lipinski definition) is 2. The first-order chi connectivity index (χ1) is 12.4. The number of carbonyl (C=O) groups is 2. The van der Waals surface area contributed by atoms with Gasteiger partial charge in [-0.15, -0.1) is 0 Å². The van der Waals surface area contributed by atoms with Gasteiger partial charge in [-0.05, 0) is 48.8 Å². The predicted octanol–water partition coefficient (Wildman–Crippen LogP) is 4.62. The average molecular weight is 415 g/mol. The van der Waals surface area contributed by atoms with Crippen LogP contribution >= 0.6 is 35.0 Å². The maximum atomic E-state index is 13.9. The van der Waals surface area contributed by atoms with E-state index in [1.54, 1.807) is 24.3 Å². The molecule has 8 heteroatoms. The quantitative estimate of drug-likeness (QED) is 0.694. The lowest BCUT2D eigenvalue weighted by atomic mass is 10.1. The van der Waals surface area contributed by atoms with Crippen LogP contribution in [-0.2, 0) is 4.79 Å². The van der Waals surface area contributed by atoms with Crippen LogP contribution in [0, 0.1) is 5.82 Å². The molecule has 26 heavy (non-hydrogen) atoms. The fourth-order valence-electron chi connectivity index (χ4n) is 2.20. The molecule has 0 heterocycles. The SMILES string of the molecule is CSCCC(NC(=O)c1ccccc1Cl)C(=O)Nc1ccc(Cl)cc1F. The summed E-state index contributed by atoms with van der Waals surface area (Å²) in [4.78, 5) is 25.0. The van der Waals surface area contributed by atoms with Gasteiger partial charge in [0.1, 0.15) is 11.9 Å². The highest BCUT2D eigenvalue weighted by molar-refractivity contribution is 7.98. The molecule has 0 aliphatic heterocycles. The van der Waals surface area contributed by atoms with Gasteiger partial charge in [0.15, 0.2) is 0 Å².